The van der Waals surface area contributed by atoms with Crippen LogP contribution in [-0.4, -0.2) is 12.0 Å². The molecule has 0 N–H and O–H groups in total. The summed E-state index contributed by atoms with van der Waals surface area (Å²) in [6, 6.07) is 14.3. The summed E-state index contributed by atoms with van der Waals surface area (Å²) in [5, 5.41) is 10.3. The number of hydrogen-bond acceptors (Lipinski definition) is 0. The van der Waals surface area contributed by atoms with Crippen molar-refractivity contribution in [2.24, 2.45) is 0 Å². The van der Waals surface area contributed by atoms with Crippen LogP contribution in [0.25, 0.3) is 43.1 Å². The van der Waals surface area contributed by atoms with E-state index in [1.807, 2.05) is 36.4 Å². The maximum atomic E-state index is 6.35. The van der Waals surface area contributed by atoms with E-state index in [0.29, 0.717) is 0 Å². The largest absolute Gasteiger partial charge is 0.372 e. The van der Waals surface area contributed by atoms with Gasteiger partial charge in [-0.25, -0.2) is 0 Å². The molecule has 0 nitrogen and oxygen atoms in total. The Bertz CT molecular complexity index is 1280. The van der Waals surface area contributed by atoms with Gasteiger partial charge in [0.05, 0.1) is 0 Å². The Labute approximate surface area is 191 Å². The molecule has 0 radical (unpaired) electrons. The van der Waals surface area contributed by atoms with E-state index in [1.165, 1.54) is 0 Å². The van der Waals surface area contributed by atoms with Gasteiger partial charge in [-0.2, -0.15) is 0 Å². The predicted octanol–water partition coefficient (Wildman–Crippen LogP) is 7.46. The Hall–Kier alpha value is -0.426. The first-order chi connectivity index (χ1) is 13.1. The minimum absolute atomic E-state index is 0.780. The zero-order valence-corrected chi connectivity index (χ0v) is 20.6. The van der Waals surface area contributed by atoms with E-state index < -0.39 is 12.0 Å². The van der Waals surface area contributed by atoms with Gasteiger partial charge in [-0.15, -0.1) is 66.5 Å². The van der Waals surface area contributed by atoms with Gasteiger partial charge in [0, 0.05) is 0 Å². The molecule has 0 heterocycles. The molecule has 0 aromatic heterocycles. The highest BCUT2D eigenvalue weighted by molar-refractivity contribution is 7.70. The second kappa shape index (κ2) is 6.53. The summed E-state index contributed by atoms with van der Waals surface area (Å²) in [5.74, 6) is 0. The molecule has 0 fully saturated rings. The number of hydrogen-bond donors (Lipinski definition) is 0. The van der Waals surface area contributed by atoms with Gasteiger partial charge in [-0.3, -0.25) is 0 Å². The molecule has 0 aliphatic rings. The smallest absolute Gasteiger partial charge is 0.121 e. The van der Waals surface area contributed by atoms with Gasteiger partial charge in [-0.05, 0) is 53.5 Å². The van der Waals surface area contributed by atoms with Crippen LogP contribution in [0.2, 0.25) is 0 Å². The van der Waals surface area contributed by atoms with E-state index in [1.54, 1.807) is 0 Å². The fourth-order valence-corrected chi connectivity index (χ4v) is 7.28. The zero-order valence-electron chi connectivity index (χ0n) is 14.0. The SMILES string of the molecule is Cl[Si](Cl)(Cl)c1cc2cccc3c4cc([Si](Cl)(Cl)Cl)cc5cccc(c(c1)c23)c54. The predicted molar refractivity (Wildman–Crippen MR) is 134 cm³/mol. The lowest BCUT2D eigenvalue weighted by Gasteiger charge is -2.19. The third-order valence-corrected chi connectivity index (χ3v) is 11.0. The number of fused-ring (bicyclic) bond motifs is 2. The van der Waals surface area contributed by atoms with E-state index in [4.69, 9.17) is 66.5 Å². The molecule has 5 aromatic carbocycles. The van der Waals surface area contributed by atoms with Gasteiger partial charge < -0.3 is 0 Å². The van der Waals surface area contributed by atoms with E-state index in [-0.39, 0.29) is 0 Å². The molecule has 0 aliphatic heterocycles. The van der Waals surface area contributed by atoms with Crippen molar-refractivity contribution in [1.29, 1.82) is 0 Å². The van der Waals surface area contributed by atoms with Gasteiger partial charge >= 0.3 is 12.0 Å². The zero-order chi connectivity index (χ0) is 19.8. The summed E-state index contributed by atoms with van der Waals surface area (Å²) in [4.78, 5) is 0. The van der Waals surface area contributed by atoms with Crippen molar-refractivity contribution in [2.45, 2.75) is 0 Å². The first-order valence-electron chi connectivity index (χ1n) is 8.43. The first-order valence-corrected chi connectivity index (χ1v) is 18.5. The lowest BCUT2D eigenvalue weighted by Crippen LogP contribution is -2.30. The van der Waals surface area contributed by atoms with Crippen molar-refractivity contribution in [2.75, 3.05) is 0 Å². The Balaban J connectivity index is 2.08. The summed E-state index contributed by atoms with van der Waals surface area (Å²) in [7, 11) is 0. The molecule has 0 spiro atoms. The topological polar surface area (TPSA) is 0 Å². The van der Waals surface area contributed by atoms with Crippen molar-refractivity contribution in [3.8, 4) is 0 Å². The molecule has 140 valence electrons. The molecule has 0 saturated carbocycles. The highest BCUT2D eigenvalue weighted by Gasteiger charge is 2.31. The van der Waals surface area contributed by atoms with Crippen molar-refractivity contribution in [3.63, 3.8) is 0 Å². The number of rotatable bonds is 2. The molecular weight excluding hydrogens is 509 g/mol. The van der Waals surface area contributed by atoms with Crippen LogP contribution in [-0.2, 0) is 0 Å². The van der Waals surface area contributed by atoms with E-state index in [9.17, 15) is 0 Å². The molecular formula is C20H10Cl6Si2. The summed E-state index contributed by atoms with van der Waals surface area (Å²) < 4.78 is 0. The normalized spacial score (nSPS) is 13.4. The Morgan fingerprint density at radius 3 is 1.21 bits per heavy atom. The third kappa shape index (κ3) is 3.01. The fourth-order valence-electron chi connectivity index (χ4n) is 4.06. The molecule has 0 bridgehead atoms. The van der Waals surface area contributed by atoms with Crippen LogP contribution in [0, 0.1) is 0 Å². The lowest BCUT2D eigenvalue weighted by molar-refractivity contribution is 1.82. The molecule has 0 atom stereocenters. The van der Waals surface area contributed by atoms with Crippen molar-refractivity contribution < 1.29 is 0 Å². The summed E-state index contributed by atoms with van der Waals surface area (Å²) in [5.41, 5.74) is 0. The fraction of sp³-hybridized carbons (Fsp3) is 0. The Morgan fingerprint density at radius 1 is 0.464 bits per heavy atom. The standard InChI is InChI=1S/C20H10Cl6Si2/c21-27(22,23)13-7-11-3-1-5-15-17-9-14(28(24,25)26)8-12-4-2-6-16(20(12)17)18(10-13)19(11)15/h1-10H. The second-order valence-electron chi connectivity index (χ2n) is 6.85. The van der Waals surface area contributed by atoms with Gasteiger partial charge in [0.25, 0.3) is 0 Å². The minimum Gasteiger partial charge on any atom is -0.121 e. The molecule has 0 unspecified atom stereocenters. The van der Waals surface area contributed by atoms with Crippen LogP contribution in [0.15, 0.2) is 60.7 Å². The second-order valence-corrected chi connectivity index (χ2v) is 23.7. The number of halogens is 6. The summed E-state index contributed by atoms with van der Waals surface area (Å²) >= 11 is 38.1. The van der Waals surface area contributed by atoms with Gasteiger partial charge in [0.2, 0.25) is 0 Å². The molecule has 5 aromatic rings. The first kappa shape index (κ1) is 19.5. The summed E-state index contributed by atoms with van der Waals surface area (Å²) in [6.45, 7) is 0. The summed E-state index contributed by atoms with van der Waals surface area (Å²) in [6.07, 6.45) is 0. The van der Waals surface area contributed by atoms with Crippen molar-refractivity contribution in [3.05, 3.63) is 60.7 Å². The lowest BCUT2D eigenvalue weighted by atomic mass is 9.90. The molecule has 0 saturated heterocycles. The maximum absolute atomic E-state index is 6.35. The molecule has 0 aliphatic carbocycles. The highest BCUT2D eigenvalue weighted by atomic mass is 35.8. The van der Waals surface area contributed by atoms with Crippen LogP contribution in [0.4, 0.5) is 0 Å². The molecule has 5 rings (SSSR count). The highest BCUT2D eigenvalue weighted by Crippen LogP contribution is 2.40. The van der Waals surface area contributed by atoms with Crippen LogP contribution in [0.1, 0.15) is 0 Å². The van der Waals surface area contributed by atoms with Crippen molar-refractivity contribution in [1.82, 2.24) is 0 Å². The van der Waals surface area contributed by atoms with Gasteiger partial charge in [-0.1, -0.05) is 60.7 Å². The minimum atomic E-state index is -3.03. The van der Waals surface area contributed by atoms with Crippen LogP contribution < -0.4 is 10.4 Å². The molecule has 0 amide bonds. The Morgan fingerprint density at radius 2 is 0.857 bits per heavy atom. The number of benzene rings is 5. The molecule has 8 heteroatoms. The quantitative estimate of drug-likeness (QED) is 0.0984. The van der Waals surface area contributed by atoms with E-state index in [2.05, 4.69) is 24.3 Å². The molecule has 28 heavy (non-hydrogen) atoms. The van der Waals surface area contributed by atoms with Crippen LogP contribution in [0.3, 0.4) is 0 Å². The van der Waals surface area contributed by atoms with Gasteiger partial charge in [0.1, 0.15) is 0 Å². The third-order valence-electron chi connectivity index (χ3n) is 5.19. The monoisotopic (exact) mass is 516 g/mol. The van der Waals surface area contributed by atoms with Crippen LogP contribution >= 0.6 is 66.5 Å². The van der Waals surface area contributed by atoms with Crippen LogP contribution in [0.5, 0.6) is 0 Å². The van der Waals surface area contributed by atoms with E-state index >= 15 is 0 Å². The Kier molecular flexibility index (Phi) is 4.56. The van der Waals surface area contributed by atoms with E-state index in [0.717, 1.165) is 53.5 Å². The van der Waals surface area contributed by atoms with Crippen molar-refractivity contribution >= 4 is 132 Å². The van der Waals surface area contributed by atoms with Gasteiger partial charge in [0.15, 0.2) is 0 Å². The average Bonchev–Trinajstić information content (AvgIpc) is 2.63. The average molecular weight is 519 g/mol. The maximum Gasteiger partial charge on any atom is 0.372 e.